The molecule has 310 valence electrons. The van der Waals surface area contributed by atoms with E-state index < -0.39 is 5.97 Å². The Bertz CT molecular complexity index is 2850. The van der Waals surface area contributed by atoms with Gasteiger partial charge in [-0.15, -0.1) is 0 Å². The fraction of sp³-hybridized carbons (Fsp3) is 0.319. The number of rotatable bonds is 11. The van der Waals surface area contributed by atoms with Gasteiger partial charge in [-0.1, -0.05) is 45.2 Å². The first-order chi connectivity index (χ1) is 28.7. The highest BCUT2D eigenvalue weighted by molar-refractivity contribution is 9.10. The summed E-state index contributed by atoms with van der Waals surface area (Å²) in [4.78, 5) is 35.7. The van der Waals surface area contributed by atoms with Crippen LogP contribution in [0.5, 0.6) is 5.75 Å². The number of carbonyl (C=O) groups excluding carboxylic acids is 2. The largest absolute Gasteiger partial charge is 0.494 e. The number of esters is 1. The van der Waals surface area contributed by atoms with Crippen LogP contribution in [0.2, 0.25) is 10.0 Å². The van der Waals surface area contributed by atoms with Crippen LogP contribution in [-0.4, -0.2) is 55.5 Å². The molecule has 5 heterocycles. The molecule has 13 heteroatoms. The maximum absolute atomic E-state index is 15.6. The van der Waals surface area contributed by atoms with Gasteiger partial charge in [0, 0.05) is 62.9 Å². The van der Waals surface area contributed by atoms with Crippen LogP contribution in [0.1, 0.15) is 86.6 Å². The molecule has 0 saturated carbocycles. The number of ether oxygens (including phenoxy) is 2. The number of aromatic nitrogens is 5. The minimum absolute atomic E-state index is 0.135. The van der Waals surface area contributed by atoms with Crippen molar-refractivity contribution in [1.82, 2.24) is 23.9 Å². The molecular formula is C47H47BrCl2N6O4. The standard InChI is InChI=1S/C47H47BrCl2N6O4/c1-9-59-47(58)39-21-31-17-25(2)18-38(43(31)54(39)24-33-22-32(48)14-15-51-33)55-23-28(5)56-44-36(12-13-37(49)41(44)40-29(6)52-53(8)30(40)7)35(45(56)46(55)57)11-10-16-60-34-19-26(3)42(50)27(4)20-34/h12-15,17-22,28H,9-11,16,23-24H2,1-8H3/t28-/m1/s1. The zero-order chi connectivity index (χ0) is 42.7. The van der Waals surface area contributed by atoms with Crippen LogP contribution in [0.15, 0.2) is 65.3 Å². The number of anilines is 1. The van der Waals surface area contributed by atoms with Crippen molar-refractivity contribution in [2.45, 2.75) is 73.9 Å². The van der Waals surface area contributed by atoms with Gasteiger partial charge in [-0.05, 0) is 132 Å². The van der Waals surface area contributed by atoms with E-state index in [1.54, 1.807) is 13.1 Å². The summed E-state index contributed by atoms with van der Waals surface area (Å²) >= 11 is 17.2. The number of fused-ring (bicyclic) bond motifs is 4. The lowest BCUT2D eigenvalue weighted by atomic mass is 9.98. The van der Waals surface area contributed by atoms with Gasteiger partial charge in [0.2, 0.25) is 0 Å². The van der Waals surface area contributed by atoms with E-state index >= 15 is 4.79 Å². The molecule has 60 heavy (non-hydrogen) atoms. The highest BCUT2D eigenvalue weighted by Crippen LogP contribution is 2.46. The van der Waals surface area contributed by atoms with E-state index in [1.807, 2.05) is 110 Å². The van der Waals surface area contributed by atoms with E-state index in [9.17, 15) is 4.79 Å². The van der Waals surface area contributed by atoms with Crippen LogP contribution >= 0.6 is 39.1 Å². The Balaban J connectivity index is 1.30. The van der Waals surface area contributed by atoms with E-state index in [0.717, 1.165) is 87.5 Å². The molecule has 0 N–H and O–H groups in total. The molecule has 10 nitrogen and oxygen atoms in total. The quantitative estimate of drug-likeness (QED) is 0.0947. The zero-order valence-corrected chi connectivity index (χ0v) is 38.1. The first-order valence-electron chi connectivity index (χ1n) is 20.2. The molecule has 8 rings (SSSR count). The van der Waals surface area contributed by atoms with Gasteiger partial charge in [0.25, 0.3) is 5.91 Å². The highest BCUT2D eigenvalue weighted by Gasteiger charge is 2.38. The van der Waals surface area contributed by atoms with Crippen LogP contribution in [0.25, 0.3) is 32.9 Å². The molecule has 0 fully saturated rings. The Labute approximate surface area is 368 Å². The maximum Gasteiger partial charge on any atom is 0.354 e. The second-order valence-electron chi connectivity index (χ2n) is 15.8. The third-order valence-electron chi connectivity index (χ3n) is 11.6. The number of pyridine rings is 1. The van der Waals surface area contributed by atoms with Crippen molar-refractivity contribution < 1.29 is 19.1 Å². The third kappa shape index (κ3) is 7.28. The number of benzene rings is 3. The van der Waals surface area contributed by atoms with Crippen molar-refractivity contribution in [2.75, 3.05) is 24.7 Å². The average Bonchev–Trinajstić information content (AvgIpc) is 3.81. The van der Waals surface area contributed by atoms with E-state index in [2.05, 4.69) is 32.4 Å². The Morgan fingerprint density at radius 3 is 2.40 bits per heavy atom. The first kappa shape index (κ1) is 41.6. The van der Waals surface area contributed by atoms with Gasteiger partial charge in [-0.3, -0.25) is 14.5 Å². The average molecular weight is 911 g/mol. The molecule has 0 aliphatic carbocycles. The Kier molecular flexibility index (Phi) is 11.4. The molecule has 1 aliphatic rings. The Hall–Kier alpha value is -5.10. The van der Waals surface area contributed by atoms with Gasteiger partial charge in [0.05, 0.1) is 52.9 Å². The van der Waals surface area contributed by atoms with Gasteiger partial charge in [0.1, 0.15) is 17.1 Å². The Morgan fingerprint density at radius 1 is 0.967 bits per heavy atom. The normalized spacial score (nSPS) is 14.1. The van der Waals surface area contributed by atoms with Gasteiger partial charge in [0.15, 0.2) is 0 Å². The summed E-state index contributed by atoms with van der Waals surface area (Å²) in [5.41, 5.74) is 11.6. The van der Waals surface area contributed by atoms with Crippen molar-refractivity contribution >= 4 is 78.5 Å². The van der Waals surface area contributed by atoms with Crippen molar-refractivity contribution in [3.63, 3.8) is 0 Å². The van der Waals surface area contributed by atoms with Crippen LogP contribution in [-0.2, 0) is 24.8 Å². The van der Waals surface area contributed by atoms with E-state index in [0.29, 0.717) is 48.1 Å². The van der Waals surface area contributed by atoms with E-state index in [1.165, 1.54) is 0 Å². The van der Waals surface area contributed by atoms with E-state index in [-0.39, 0.29) is 25.1 Å². The molecule has 3 aromatic carbocycles. The van der Waals surface area contributed by atoms with Gasteiger partial charge in [-0.2, -0.15) is 5.10 Å². The summed E-state index contributed by atoms with van der Waals surface area (Å²) in [5.74, 6) is 0.186. The van der Waals surface area contributed by atoms with Crippen molar-refractivity contribution in [2.24, 2.45) is 7.05 Å². The molecule has 1 atom stereocenters. The summed E-state index contributed by atoms with van der Waals surface area (Å²) < 4.78 is 18.7. The fourth-order valence-corrected chi connectivity index (χ4v) is 9.65. The molecule has 1 aliphatic heterocycles. The number of hydrogen-bond donors (Lipinski definition) is 0. The lowest BCUT2D eigenvalue weighted by Gasteiger charge is -2.35. The summed E-state index contributed by atoms with van der Waals surface area (Å²) in [7, 11) is 1.94. The predicted octanol–water partition coefficient (Wildman–Crippen LogP) is 11.5. The van der Waals surface area contributed by atoms with Crippen molar-refractivity contribution in [1.29, 1.82) is 0 Å². The fourth-order valence-electron chi connectivity index (χ4n) is 8.92. The second kappa shape index (κ2) is 16.4. The molecule has 0 bridgehead atoms. The minimum atomic E-state index is -0.440. The lowest BCUT2D eigenvalue weighted by Crippen LogP contribution is -2.43. The number of nitrogens with zero attached hydrogens (tertiary/aromatic N) is 6. The third-order valence-corrected chi connectivity index (χ3v) is 13.0. The number of aryl methyl sites for hydroxylation is 6. The van der Waals surface area contributed by atoms with Crippen LogP contribution in [0.4, 0.5) is 5.69 Å². The number of amides is 1. The molecule has 0 saturated heterocycles. The first-order valence-corrected chi connectivity index (χ1v) is 21.7. The highest BCUT2D eigenvalue weighted by atomic mass is 79.9. The lowest BCUT2D eigenvalue weighted by molar-refractivity contribution is 0.0515. The second-order valence-corrected chi connectivity index (χ2v) is 17.5. The molecule has 1 amide bonds. The molecular weight excluding hydrogens is 863 g/mol. The van der Waals surface area contributed by atoms with Gasteiger partial charge in [-0.25, -0.2) is 4.79 Å². The summed E-state index contributed by atoms with van der Waals surface area (Å²) in [6.07, 6.45) is 2.95. The maximum atomic E-state index is 15.6. The molecule has 0 unspecified atom stereocenters. The number of carbonyl (C=O) groups is 2. The molecule has 0 spiro atoms. The molecule has 0 radical (unpaired) electrons. The topological polar surface area (TPSA) is 96.4 Å². The van der Waals surface area contributed by atoms with Crippen molar-refractivity contribution in [3.05, 3.63) is 126 Å². The molecule has 4 aromatic heterocycles. The Morgan fingerprint density at radius 2 is 1.72 bits per heavy atom. The smallest absolute Gasteiger partial charge is 0.354 e. The van der Waals surface area contributed by atoms with Crippen LogP contribution < -0.4 is 9.64 Å². The van der Waals surface area contributed by atoms with Crippen LogP contribution in [0, 0.1) is 34.6 Å². The predicted molar refractivity (Wildman–Crippen MR) is 243 cm³/mol. The minimum Gasteiger partial charge on any atom is -0.494 e. The van der Waals surface area contributed by atoms with Gasteiger partial charge >= 0.3 is 5.97 Å². The molecule has 7 aromatic rings. The summed E-state index contributed by atoms with van der Waals surface area (Å²) in [5, 5.41) is 7.89. The van der Waals surface area contributed by atoms with Gasteiger partial charge < -0.3 is 23.5 Å². The van der Waals surface area contributed by atoms with Crippen LogP contribution in [0.3, 0.4) is 0 Å². The number of hydrogen-bond acceptors (Lipinski definition) is 6. The summed E-state index contributed by atoms with van der Waals surface area (Å²) in [6, 6.07) is 17.5. The monoisotopic (exact) mass is 908 g/mol. The zero-order valence-electron chi connectivity index (χ0n) is 35.0. The van der Waals surface area contributed by atoms with E-state index in [4.69, 9.17) is 37.8 Å². The SMILES string of the molecule is CCOC(=O)c1cc2cc(C)cc(N3C[C@@H](C)n4c(c(CCCOc5cc(C)c(Cl)c(C)c5)c5ccc(Cl)c(-c6c(C)nn(C)c6C)c54)C3=O)c2n1Cc1cc(Br)ccn1. The summed E-state index contributed by atoms with van der Waals surface area (Å²) in [6.45, 7) is 15.3. The number of halogens is 3. The van der Waals surface area contributed by atoms with Crippen molar-refractivity contribution in [3.8, 4) is 16.9 Å².